The summed E-state index contributed by atoms with van der Waals surface area (Å²) in [7, 11) is 0. The maximum Gasteiger partial charge on any atom is 0.0544 e. The van der Waals surface area contributed by atoms with Gasteiger partial charge in [0.1, 0.15) is 0 Å². The van der Waals surface area contributed by atoms with Crippen LogP contribution in [0.3, 0.4) is 0 Å². The molecule has 0 aliphatic carbocycles. The standard InChI is InChI=1S/C12H18BrN3/c1-9-6-11(14)4-5-16(9)8-12-3-2-10(13)7-15-12/h2-3,7,9,11H,4-6,8,14H2,1H3. The van der Waals surface area contributed by atoms with Crippen LogP contribution in [-0.4, -0.2) is 28.5 Å². The third kappa shape index (κ3) is 3.03. The highest BCUT2D eigenvalue weighted by Gasteiger charge is 2.23. The van der Waals surface area contributed by atoms with Gasteiger partial charge in [0.2, 0.25) is 0 Å². The lowest BCUT2D eigenvalue weighted by atomic mass is 9.99. The van der Waals surface area contributed by atoms with E-state index in [2.05, 4.69) is 38.8 Å². The van der Waals surface area contributed by atoms with Gasteiger partial charge in [-0.1, -0.05) is 0 Å². The molecule has 0 radical (unpaired) electrons. The lowest BCUT2D eigenvalue weighted by molar-refractivity contribution is 0.138. The van der Waals surface area contributed by atoms with Crippen molar-refractivity contribution in [2.24, 2.45) is 5.73 Å². The number of nitrogens with zero attached hydrogens (tertiary/aromatic N) is 2. The average Bonchev–Trinajstić information content (AvgIpc) is 2.25. The van der Waals surface area contributed by atoms with E-state index in [0.717, 1.165) is 36.1 Å². The van der Waals surface area contributed by atoms with Crippen LogP contribution in [0.1, 0.15) is 25.5 Å². The number of halogens is 1. The minimum Gasteiger partial charge on any atom is -0.328 e. The molecule has 2 N–H and O–H groups in total. The molecule has 1 aromatic rings. The lowest BCUT2D eigenvalue weighted by Crippen LogP contribution is -2.45. The van der Waals surface area contributed by atoms with Crippen molar-refractivity contribution in [3.63, 3.8) is 0 Å². The minimum absolute atomic E-state index is 0.379. The van der Waals surface area contributed by atoms with Gasteiger partial charge in [-0.25, -0.2) is 0 Å². The third-order valence-electron chi connectivity index (χ3n) is 3.21. The SMILES string of the molecule is CC1CC(N)CCN1Cc1ccc(Br)cn1. The molecule has 0 aromatic carbocycles. The minimum atomic E-state index is 0.379. The van der Waals surface area contributed by atoms with Crippen molar-refractivity contribution < 1.29 is 0 Å². The van der Waals surface area contributed by atoms with Crippen molar-refractivity contribution >= 4 is 15.9 Å². The number of likely N-dealkylation sites (tertiary alicyclic amines) is 1. The fourth-order valence-corrected chi connectivity index (χ4v) is 2.43. The van der Waals surface area contributed by atoms with E-state index >= 15 is 0 Å². The summed E-state index contributed by atoms with van der Waals surface area (Å²) in [6, 6.07) is 5.06. The van der Waals surface area contributed by atoms with E-state index in [0.29, 0.717) is 12.1 Å². The highest BCUT2D eigenvalue weighted by atomic mass is 79.9. The van der Waals surface area contributed by atoms with Crippen LogP contribution in [0.2, 0.25) is 0 Å². The first-order chi connectivity index (χ1) is 7.65. The third-order valence-corrected chi connectivity index (χ3v) is 3.68. The van der Waals surface area contributed by atoms with Gasteiger partial charge < -0.3 is 5.73 Å². The van der Waals surface area contributed by atoms with Gasteiger partial charge in [0, 0.05) is 35.8 Å². The van der Waals surface area contributed by atoms with Crippen molar-refractivity contribution in [2.45, 2.75) is 38.4 Å². The molecule has 0 saturated carbocycles. The summed E-state index contributed by atoms with van der Waals surface area (Å²) >= 11 is 3.40. The van der Waals surface area contributed by atoms with Crippen LogP contribution in [0, 0.1) is 0 Å². The van der Waals surface area contributed by atoms with Gasteiger partial charge in [-0.15, -0.1) is 0 Å². The summed E-state index contributed by atoms with van der Waals surface area (Å²) in [4.78, 5) is 6.86. The van der Waals surface area contributed by atoms with Crippen LogP contribution in [0.5, 0.6) is 0 Å². The Balaban J connectivity index is 1.96. The van der Waals surface area contributed by atoms with Crippen LogP contribution in [0.25, 0.3) is 0 Å². The van der Waals surface area contributed by atoms with E-state index in [-0.39, 0.29) is 0 Å². The van der Waals surface area contributed by atoms with Gasteiger partial charge in [0.25, 0.3) is 0 Å². The number of hydrogen-bond acceptors (Lipinski definition) is 3. The Bertz CT molecular complexity index is 339. The lowest BCUT2D eigenvalue weighted by Gasteiger charge is -2.36. The summed E-state index contributed by atoms with van der Waals surface area (Å²) in [6.07, 6.45) is 4.05. The number of nitrogens with two attached hydrogens (primary N) is 1. The first kappa shape index (κ1) is 12.0. The molecular weight excluding hydrogens is 266 g/mol. The Morgan fingerprint density at radius 3 is 3.00 bits per heavy atom. The number of pyridine rings is 1. The summed E-state index contributed by atoms with van der Waals surface area (Å²) in [5, 5.41) is 0. The topological polar surface area (TPSA) is 42.1 Å². The molecule has 0 spiro atoms. The van der Waals surface area contributed by atoms with Crippen molar-refractivity contribution in [3.05, 3.63) is 28.5 Å². The molecule has 1 aliphatic rings. The zero-order valence-corrected chi connectivity index (χ0v) is 11.2. The molecule has 2 atom stereocenters. The largest absolute Gasteiger partial charge is 0.328 e. The van der Waals surface area contributed by atoms with Gasteiger partial charge in [0.05, 0.1) is 5.69 Å². The maximum atomic E-state index is 5.95. The van der Waals surface area contributed by atoms with Gasteiger partial charge >= 0.3 is 0 Å². The molecule has 16 heavy (non-hydrogen) atoms. The normalized spacial score (nSPS) is 26.9. The first-order valence-electron chi connectivity index (χ1n) is 5.75. The predicted octanol–water partition coefficient (Wildman–Crippen LogP) is 2.16. The Morgan fingerprint density at radius 1 is 1.56 bits per heavy atom. The molecule has 88 valence electrons. The molecule has 1 aromatic heterocycles. The van der Waals surface area contributed by atoms with Gasteiger partial charge in [-0.05, 0) is 47.8 Å². The highest BCUT2D eigenvalue weighted by Crippen LogP contribution is 2.18. The summed E-state index contributed by atoms with van der Waals surface area (Å²) in [5.41, 5.74) is 7.08. The summed E-state index contributed by atoms with van der Waals surface area (Å²) in [6.45, 7) is 4.26. The van der Waals surface area contributed by atoms with Gasteiger partial charge in [-0.2, -0.15) is 0 Å². The number of aromatic nitrogens is 1. The molecule has 2 rings (SSSR count). The Labute approximate surface area is 105 Å². The molecule has 1 saturated heterocycles. The number of hydrogen-bond donors (Lipinski definition) is 1. The second-order valence-electron chi connectivity index (χ2n) is 4.57. The molecule has 2 heterocycles. The Morgan fingerprint density at radius 2 is 2.38 bits per heavy atom. The molecule has 2 unspecified atom stereocenters. The van der Waals surface area contributed by atoms with Crippen LogP contribution < -0.4 is 5.73 Å². The van der Waals surface area contributed by atoms with E-state index in [1.54, 1.807) is 0 Å². The first-order valence-corrected chi connectivity index (χ1v) is 6.54. The molecule has 4 heteroatoms. The zero-order valence-electron chi connectivity index (χ0n) is 9.56. The fraction of sp³-hybridized carbons (Fsp3) is 0.583. The number of piperidine rings is 1. The van der Waals surface area contributed by atoms with Crippen molar-refractivity contribution in [2.75, 3.05) is 6.54 Å². The summed E-state index contributed by atoms with van der Waals surface area (Å²) in [5.74, 6) is 0. The predicted molar refractivity (Wildman–Crippen MR) is 69.0 cm³/mol. The van der Waals surface area contributed by atoms with Crippen molar-refractivity contribution in [3.8, 4) is 0 Å². The highest BCUT2D eigenvalue weighted by molar-refractivity contribution is 9.10. The quantitative estimate of drug-likeness (QED) is 0.905. The van der Waals surface area contributed by atoms with E-state index in [4.69, 9.17) is 5.73 Å². The zero-order chi connectivity index (χ0) is 11.5. The van der Waals surface area contributed by atoms with Crippen molar-refractivity contribution in [1.82, 2.24) is 9.88 Å². The second kappa shape index (κ2) is 5.25. The Hall–Kier alpha value is -0.450. The Kier molecular flexibility index (Phi) is 3.95. The molecular formula is C12H18BrN3. The van der Waals surface area contributed by atoms with Crippen LogP contribution in [0.15, 0.2) is 22.8 Å². The van der Waals surface area contributed by atoms with Crippen LogP contribution >= 0.6 is 15.9 Å². The van der Waals surface area contributed by atoms with E-state index in [9.17, 15) is 0 Å². The molecule has 1 aliphatic heterocycles. The smallest absolute Gasteiger partial charge is 0.0544 e. The van der Waals surface area contributed by atoms with E-state index < -0.39 is 0 Å². The van der Waals surface area contributed by atoms with Gasteiger partial charge in [-0.3, -0.25) is 9.88 Å². The second-order valence-corrected chi connectivity index (χ2v) is 5.49. The van der Waals surface area contributed by atoms with Gasteiger partial charge in [0.15, 0.2) is 0 Å². The number of rotatable bonds is 2. The van der Waals surface area contributed by atoms with E-state index in [1.807, 2.05) is 12.3 Å². The van der Waals surface area contributed by atoms with E-state index in [1.165, 1.54) is 0 Å². The molecule has 1 fully saturated rings. The van der Waals surface area contributed by atoms with Crippen LogP contribution in [-0.2, 0) is 6.54 Å². The average molecular weight is 284 g/mol. The molecule has 3 nitrogen and oxygen atoms in total. The monoisotopic (exact) mass is 283 g/mol. The molecule has 0 amide bonds. The van der Waals surface area contributed by atoms with Crippen molar-refractivity contribution in [1.29, 1.82) is 0 Å². The maximum absolute atomic E-state index is 5.95. The molecule has 0 bridgehead atoms. The fourth-order valence-electron chi connectivity index (χ4n) is 2.20. The summed E-state index contributed by atoms with van der Waals surface area (Å²) < 4.78 is 1.03. The van der Waals surface area contributed by atoms with Crippen LogP contribution in [0.4, 0.5) is 0 Å².